The van der Waals surface area contributed by atoms with E-state index in [9.17, 15) is 8.42 Å². The predicted molar refractivity (Wildman–Crippen MR) is 107 cm³/mol. The molecule has 0 saturated carbocycles. The molecule has 3 rings (SSSR count). The van der Waals surface area contributed by atoms with E-state index in [0.29, 0.717) is 12.1 Å². The maximum atomic E-state index is 13.1. The largest absolute Gasteiger partial charge is 0.267 e. The van der Waals surface area contributed by atoms with Crippen LogP contribution >= 0.6 is 0 Å². The maximum Gasteiger partial charge on any atom is 0.246 e. The van der Waals surface area contributed by atoms with Gasteiger partial charge in [0.2, 0.25) is 10.0 Å². The summed E-state index contributed by atoms with van der Waals surface area (Å²) in [5.41, 5.74) is 2.26. The molecule has 0 amide bonds. The van der Waals surface area contributed by atoms with E-state index in [2.05, 4.69) is 17.7 Å². The molecule has 0 aliphatic rings. The van der Waals surface area contributed by atoms with Gasteiger partial charge in [-0.15, -0.1) is 6.58 Å². The Kier molecular flexibility index (Phi) is 6.04. The minimum Gasteiger partial charge on any atom is -0.267 e. The number of sulfonamides is 1. The zero-order valence-electron chi connectivity index (χ0n) is 15.3. The summed E-state index contributed by atoms with van der Waals surface area (Å²) in [6.45, 7) is 4.46. The van der Waals surface area contributed by atoms with Crippen molar-refractivity contribution in [3.05, 3.63) is 96.3 Å². The number of rotatable bonds is 8. The van der Waals surface area contributed by atoms with Gasteiger partial charge in [-0.05, 0) is 23.3 Å². The van der Waals surface area contributed by atoms with E-state index < -0.39 is 10.0 Å². The molecule has 3 aromatic rings. The summed E-state index contributed by atoms with van der Waals surface area (Å²) in [5.74, 6) is 0. The minimum atomic E-state index is -3.76. The van der Waals surface area contributed by atoms with Gasteiger partial charge in [0.25, 0.3) is 0 Å². The Morgan fingerprint density at radius 3 is 2.61 bits per heavy atom. The lowest BCUT2D eigenvalue weighted by Gasteiger charge is -2.20. The number of hydrogen-bond acceptors (Lipinski definition) is 4. The number of nitrogens with zero attached hydrogens (tertiary/aromatic N) is 4. The molecule has 142 valence electrons. The van der Waals surface area contributed by atoms with Crippen molar-refractivity contribution in [2.24, 2.45) is 0 Å². The van der Waals surface area contributed by atoms with Crippen LogP contribution in [0.1, 0.15) is 16.7 Å². The van der Waals surface area contributed by atoms with Crippen LogP contribution < -0.4 is 0 Å². The molecule has 0 atom stereocenters. The number of hydrogen-bond donors (Lipinski definition) is 0. The fraction of sp³-hybridized carbons (Fsp3) is 0.143. The van der Waals surface area contributed by atoms with Crippen LogP contribution in [-0.2, 0) is 23.1 Å². The summed E-state index contributed by atoms with van der Waals surface area (Å²) in [7, 11) is -3.76. The first-order valence-electron chi connectivity index (χ1n) is 8.69. The van der Waals surface area contributed by atoms with E-state index in [0.717, 1.165) is 11.1 Å². The molecular weight excluding hydrogens is 372 g/mol. The van der Waals surface area contributed by atoms with Gasteiger partial charge in [0.1, 0.15) is 4.90 Å². The highest BCUT2D eigenvalue weighted by Gasteiger charge is 2.25. The maximum absolute atomic E-state index is 13.1. The van der Waals surface area contributed by atoms with Crippen molar-refractivity contribution in [1.29, 1.82) is 5.26 Å². The standard InChI is InChI=1S/C21H20N4O2S/c1-2-11-25(16-20-10-6-9-19(12-20)13-22)28(26,27)21-14-23-24(17-21)15-18-7-4-3-5-8-18/h2-10,12,14,17H,1,11,15-16H2. The normalized spacial score (nSPS) is 11.3. The van der Waals surface area contributed by atoms with E-state index >= 15 is 0 Å². The Balaban J connectivity index is 1.83. The van der Waals surface area contributed by atoms with Crippen molar-refractivity contribution in [2.45, 2.75) is 18.0 Å². The summed E-state index contributed by atoms with van der Waals surface area (Å²) >= 11 is 0. The van der Waals surface area contributed by atoms with E-state index in [4.69, 9.17) is 5.26 Å². The molecule has 1 heterocycles. The Bertz CT molecular complexity index is 1100. The molecule has 0 unspecified atom stereocenters. The highest BCUT2D eigenvalue weighted by atomic mass is 32.2. The SMILES string of the molecule is C=CCN(Cc1cccc(C#N)c1)S(=O)(=O)c1cnn(Cc2ccccc2)c1. The van der Waals surface area contributed by atoms with Gasteiger partial charge in [-0.25, -0.2) is 8.42 Å². The van der Waals surface area contributed by atoms with E-state index in [1.54, 1.807) is 35.0 Å². The van der Waals surface area contributed by atoms with Gasteiger partial charge in [-0.1, -0.05) is 48.5 Å². The molecule has 0 N–H and O–H groups in total. The zero-order valence-corrected chi connectivity index (χ0v) is 16.1. The number of nitriles is 1. The Morgan fingerprint density at radius 1 is 1.14 bits per heavy atom. The summed E-state index contributed by atoms with van der Waals surface area (Å²) in [4.78, 5) is 0.127. The van der Waals surface area contributed by atoms with Gasteiger partial charge in [0.15, 0.2) is 0 Å². The van der Waals surface area contributed by atoms with Gasteiger partial charge in [0, 0.05) is 19.3 Å². The molecule has 28 heavy (non-hydrogen) atoms. The summed E-state index contributed by atoms with van der Waals surface area (Å²) < 4.78 is 29.1. The van der Waals surface area contributed by atoms with Crippen molar-refractivity contribution in [3.63, 3.8) is 0 Å². The first-order chi connectivity index (χ1) is 13.5. The Hall–Kier alpha value is -3.21. The van der Waals surface area contributed by atoms with Gasteiger partial charge >= 0.3 is 0 Å². The second-order valence-corrected chi connectivity index (χ2v) is 8.20. The fourth-order valence-corrected chi connectivity index (χ4v) is 4.17. The van der Waals surface area contributed by atoms with Crippen molar-refractivity contribution < 1.29 is 8.42 Å². The van der Waals surface area contributed by atoms with Gasteiger partial charge < -0.3 is 0 Å². The summed E-state index contributed by atoms with van der Waals surface area (Å²) in [6.07, 6.45) is 4.43. The predicted octanol–water partition coefficient (Wildman–Crippen LogP) is 3.18. The molecule has 1 aromatic heterocycles. The van der Waals surface area contributed by atoms with Crippen LogP contribution in [-0.4, -0.2) is 29.0 Å². The lowest BCUT2D eigenvalue weighted by atomic mass is 10.1. The molecule has 6 nitrogen and oxygen atoms in total. The summed E-state index contributed by atoms with van der Waals surface area (Å²) in [5, 5.41) is 13.2. The monoisotopic (exact) mass is 392 g/mol. The molecule has 0 radical (unpaired) electrons. The van der Waals surface area contributed by atoms with Crippen LogP contribution in [0.3, 0.4) is 0 Å². The van der Waals surface area contributed by atoms with E-state index in [-0.39, 0.29) is 18.0 Å². The second kappa shape index (κ2) is 8.65. The van der Waals surface area contributed by atoms with Crippen LogP contribution in [0.2, 0.25) is 0 Å². The molecule has 0 spiro atoms. The molecule has 0 bridgehead atoms. The third-order valence-corrected chi connectivity index (χ3v) is 5.95. The average Bonchev–Trinajstić information content (AvgIpc) is 3.18. The fourth-order valence-electron chi connectivity index (χ4n) is 2.82. The van der Waals surface area contributed by atoms with Crippen LogP contribution in [0.15, 0.2) is 84.5 Å². The number of aromatic nitrogens is 2. The molecule has 0 saturated heterocycles. The highest BCUT2D eigenvalue weighted by Crippen LogP contribution is 2.19. The average molecular weight is 392 g/mol. The molecular formula is C21H20N4O2S. The van der Waals surface area contributed by atoms with Crippen LogP contribution in [0.5, 0.6) is 0 Å². The van der Waals surface area contributed by atoms with E-state index in [1.165, 1.54) is 16.7 Å². The van der Waals surface area contributed by atoms with Gasteiger partial charge in [-0.3, -0.25) is 4.68 Å². The summed E-state index contributed by atoms with van der Waals surface area (Å²) in [6, 6.07) is 18.7. The van der Waals surface area contributed by atoms with Crippen molar-refractivity contribution in [3.8, 4) is 6.07 Å². The van der Waals surface area contributed by atoms with Crippen molar-refractivity contribution >= 4 is 10.0 Å². The second-order valence-electron chi connectivity index (χ2n) is 6.26. The van der Waals surface area contributed by atoms with E-state index in [1.807, 2.05) is 30.3 Å². The number of benzene rings is 2. The molecule has 7 heteroatoms. The smallest absolute Gasteiger partial charge is 0.246 e. The molecule has 0 aliphatic heterocycles. The highest BCUT2D eigenvalue weighted by molar-refractivity contribution is 7.89. The van der Waals surface area contributed by atoms with Crippen molar-refractivity contribution in [2.75, 3.05) is 6.54 Å². The Morgan fingerprint density at radius 2 is 1.89 bits per heavy atom. The lowest BCUT2D eigenvalue weighted by Crippen LogP contribution is -2.30. The zero-order chi connectivity index (χ0) is 20.0. The first-order valence-corrected chi connectivity index (χ1v) is 10.1. The third-order valence-electron chi connectivity index (χ3n) is 4.18. The topological polar surface area (TPSA) is 79.0 Å². The molecule has 0 aliphatic carbocycles. The van der Waals surface area contributed by atoms with Crippen LogP contribution in [0.4, 0.5) is 0 Å². The molecule has 0 fully saturated rings. The van der Waals surface area contributed by atoms with Gasteiger partial charge in [0.05, 0.1) is 24.4 Å². The lowest BCUT2D eigenvalue weighted by molar-refractivity contribution is 0.438. The van der Waals surface area contributed by atoms with Crippen LogP contribution in [0, 0.1) is 11.3 Å². The molecule has 2 aromatic carbocycles. The Labute approximate surface area is 165 Å². The quantitative estimate of drug-likeness (QED) is 0.552. The van der Waals surface area contributed by atoms with Crippen LogP contribution in [0.25, 0.3) is 0 Å². The third kappa shape index (κ3) is 4.55. The van der Waals surface area contributed by atoms with Gasteiger partial charge in [-0.2, -0.15) is 14.7 Å². The first kappa shape index (κ1) is 19.5. The van der Waals surface area contributed by atoms with Crippen molar-refractivity contribution in [1.82, 2.24) is 14.1 Å². The minimum absolute atomic E-state index is 0.127.